The lowest BCUT2D eigenvalue weighted by molar-refractivity contribution is 0.218. The van der Waals surface area contributed by atoms with Crippen molar-refractivity contribution in [3.8, 4) is 0 Å². The van der Waals surface area contributed by atoms with E-state index in [1.54, 1.807) is 10.4 Å². The number of hydrogen-bond donors (Lipinski definition) is 1. The van der Waals surface area contributed by atoms with Crippen molar-refractivity contribution in [1.29, 1.82) is 0 Å². The van der Waals surface area contributed by atoms with Crippen LogP contribution in [0.1, 0.15) is 26.7 Å². The number of nitrogens with zero attached hydrogens (tertiary/aromatic N) is 1. The van der Waals surface area contributed by atoms with Crippen molar-refractivity contribution in [3.05, 3.63) is 23.2 Å². The van der Waals surface area contributed by atoms with Gasteiger partial charge in [-0.3, -0.25) is 0 Å². The molecule has 0 aliphatic carbocycles. The molecule has 2 atom stereocenters. The lowest BCUT2D eigenvalue weighted by Crippen LogP contribution is -2.44. The Hall–Kier alpha value is -0.780. The number of halogens is 1. The summed E-state index contributed by atoms with van der Waals surface area (Å²) in [6, 6.07) is 4.56. The number of hydrogen-bond acceptors (Lipinski definition) is 3. The van der Waals surface area contributed by atoms with Gasteiger partial charge in [0.05, 0.1) is 5.02 Å². The van der Waals surface area contributed by atoms with Crippen LogP contribution in [0.4, 0.5) is 5.69 Å². The molecule has 0 aromatic heterocycles. The molecule has 1 aliphatic heterocycles. The first kappa shape index (κ1) is 14.6. The predicted octanol–water partition coefficient (Wildman–Crippen LogP) is 2.73. The minimum atomic E-state index is -3.58. The Morgan fingerprint density at radius 2 is 2.00 bits per heavy atom. The summed E-state index contributed by atoms with van der Waals surface area (Å²) in [5.41, 5.74) is 6.08. The first-order valence-corrected chi connectivity index (χ1v) is 8.21. The molecular formula is C13H19ClN2O2S. The predicted molar refractivity (Wildman–Crippen MR) is 77.6 cm³/mol. The zero-order chi connectivity index (χ0) is 14.2. The molecule has 1 aromatic carbocycles. The van der Waals surface area contributed by atoms with E-state index in [-0.39, 0.29) is 16.0 Å². The van der Waals surface area contributed by atoms with Crippen LogP contribution in [0.15, 0.2) is 23.1 Å². The van der Waals surface area contributed by atoms with Gasteiger partial charge in [0, 0.05) is 18.3 Å². The molecule has 2 unspecified atom stereocenters. The maximum Gasteiger partial charge on any atom is 0.244 e. The third-order valence-corrected chi connectivity index (χ3v) is 6.06. The molecule has 2 rings (SSSR count). The molecule has 106 valence electrons. The highest BCUT2D eigenvalue weighted by Crippen LogP contribution is 2.32. The minimum Gasteiger partial charge on any atom is -0.399 e. The quantitative estimate of drug-likeness (QED) is 0.854. The molecule has 1 aliphatic rings. The summed E-state index contributed by atoms with van der Waals surface area (Å²) in [6.07, 6.45) is 1.93. The van der Waals surface area contributed by atoms with Crippen molar-refractivity contribution in [3.63, 3.8) is 0 Å². The van der Waals surface area contributed by atoms with Crippen LogP contribution < -0.4 is 5.73 Å². The van der Waals surface area contributed by atoms with E-state index in [4.69, 9.17) is 17.3 Å². The molecule has 19 heavy (non-hydrogen) atoms. The normalized spacial score (nSPS) is 25.4. The third kappa shape index (κ3) is 2.88. The molecule has 1 aromatic rings. The van der Waals surface area contributed by atoms with Gasteiger partial charge in [-0.15, -0.1) is 0 Å². The standard InChI is InChI=1S/C13H19ClN2O2S/c1-9-3-4-10(2)16(8-9)19(17,18)13-7-11(15)5-6-12(13)14/h5-7,9-10H,3-4,8,15H2,1-2H3. The van der Waals surface area contributed by atoms with E-state index < -0.39 is 10.0 Å². The van der Waals surface area contributed by atoms with E-state index in [0.717, 1.165) is 12.8 Å². The van der Waals surface area contributed by atoms with E-state index in [1.165, 1.54) is 12.1 Å². The summed E-state index contributed by atoms with van der Waals surface area (Å²) in [5, 5.41) is 0.222. The van der Waals surface area contributed by atoms with Gasteiger partial charge in [-0.2, -0.15) is 4.31 Å². The fraction of sp³-hybridized carbons (Fsp3) is 0.538. The molecule has 2 N–H and O–H groups in total. The maximum atomic E-state index is 12.7. The smallest absolute Gasteiger partial charge is 0.244 e. The molecule has 6 heteroatoms. The molecule has 0 amide bonds. The average Bonchev–Trinajstić information content (AvgIpc) is 2.35. The SMILES string of the molecule is CC1CCC(C)N(S(=O)(=O)c2cc(N)ccc2Cl)C1. The summed E-state index contributed by atoms with van der Waals surface area (Å²) >= 11 is 6.02. The lowest BCUT2D eigenvalue weighted by Gasteiger charge is -2.35. The number of piperidine rings is 1. The van der Waals surface area contributed by atoms with Gasteiger partial charge < -0.3 is 5.73 Å². The highest BCUT2D eigenvalue weighted by molar-refractivity contribution is 7.89. The molecule has 0 bridgehead atoms. The molecule has 4 nitrogen and oxygen atoms in total. The van der Waals surface area contributed by atoms with Crippen LogP contribution in [0.5, 0.6) is 0 Å². The van der Waals surface area contributed by atoms with Crippen molar-refractivity contribution in [1.82, 2.24) is 4.31 Å². The second-order valence-electron chi connectivity index (χ2n) is 5.30. The lowest BCUT2D eigenvalue weighted by atomic mass is 9.97. The van der Waals surface area contributed by atoms with Gasteiger partial charge in [-0.05, 0) is 43.9 Å². The Kier molecular flexibility index (Phi) is 4.08. The van der Waals surface area contributed by atoms with Gasteiger partial charge in [-0.25, -0.2) is 8.42 Å². The summed E-state index contributed by atoms with van der Waals surface area (Å²) in [6.45, 7) is 4.54. The van der Waals surface area contributed by atoms with Gasteiger partial charge in [0.1, 0.15) is 4.90 Å². The van der Waals surface area contributed by atoms with Crippen LogP contribution in [0.3, 0.4) is 0 Å². The highest BCUT2D eigenvalue weighted by Gasteiger charge is 2.34. The summed E-state index contributed by atoms with van der Waals surface area (Å²) < 4.78 is 26.9. The molecule has 1 saturated heterocycles. The van der Waals surface area contributed by atoms with Crippen molar-refractivity contribution in [2.75, 3.05) is 12.3 Å². The highest BCUT2D eigenvalue weighted by atomic mass is 35.5. The first-order valence-electron chi connectivity index (χ1n) is 6.39. The molecule has 1 fully saturated rings. The van der Waals surface area contributed by atoms with Crippen molar-refractivity contribution in [2.45, 2.75) is 37.6 Å². The van der Waals surface area contributed by atoms with Gasteiger partial charge in [0.25, 0.3) is 0 Å². The zero-order valence-electron chi connectivity index (χ0n) is 11.1. The van der Waals surface area contributed by atoms with Crippen LogP contribution >= 0.6 is 11.6 Å². The number of rotatable bonds is 2. The van der Waals surface area contributed by atoms with Crippen molar-refractivity contribution >= 4 is 27.3 Å². The van der Waals surface area contributed by atoms with Crippen LogP contribution in [0, 0.1) is 5.92 Å². The summed E-state index contributed by atoms with van der Waals surface area (Å²) in [4.78, 5) is 0.107. The van der Waals surface area contributed by atoms with Gasteiger partial charge in [-0.1, -0.05) is 18.5 Å². The Morgan fingerprint density at radius 3 is 2.68 bits per heavy atom. The first-order chi connectivity index (χ1) is 8.82. The van der Waals surface area contributed by atoms with Gasteiger partial charge in [0.2, 0.25) is 10.0 Å². The van der Waals surface area contributed by atoms with Crippen LogP contribution in [0.25, 0.3) is 0 Å². The monoisotopic (exact) mass is 302 g/mol. The van der Waals surface area contributed by atoms with Crippen molar-refractivity contribution < 1.29 is 8.42 Å². The van der Waals surface area contributed by atoms with Gasteiger partial charge >= 0.3 is 0 Å². The summed E-state index contributed by atoms with van der Waals surface area (Å²) in [5.74, 6) is 0.366. The number of benzene rings is 1. The minimum absolute atomic E-state index is 0.00121. The zero-order valence-corrected chi connectivity index (χ0v) is 12.7. The molecule has 0 spiro atoms. The van der Waals surface area contributed by atoms with E-state index in [1.807, 2.05) is 6.92 Å². The topological polar surface area (TPSA) is 63.4 Å². The van der Waals surface area contributed by atoms with Crippen LogP contribution in [-0.4, -0.2) is 25.3 Å². The Bertz CT molecular complexity index is 574. The number of anilines is 1. The largest absolute Gasteiger partial charge is 0.399 e. The Balaban J connectivity index is 2.44. The molecule has 0 radical (unpaired) electrons. The van der Waals surface area contributed by atoms with E-state index >= 15 is 0 Å². The fourth-order valence-corrected chi connectivity index (χ4v) is 4.72. The molecule has 0 saturated carbocycles. The molecular weight excluding hydrogens is 284 g/mol. The van der Waals surface area contributed by atoms with E-state index in [0.29, 0.717) is 18.2 Å². The van der Waals surface area contributed by atoms with Crippen LogP contribution in [0.2, 0.25) is 5.02 Å². The molecule has 1 heterocycles. The number of sulfonamides is 1. The second kappa shape index (κ2) is 5.31. The van der Waals surface area contributed by atoms with Crippen LogP contribution in [-0.2, 0) is 10.0 Å². The third-order valence-electron chi connectivity index (χ3n) is 3.60. The second-order valence-corrected chi connectivity index (χ2v) is 7.56. The maximum absolute atomic E-state index is 12.7. The fourth-order valence-electron chi connectivity index (χ4n) is 2.43. The van der Waals surface area contributed by atoms with Crippen molar-refractivity contribution in [2.24, 2.45) is 5.92 Å². The Morgan fingerprint density at radius 1 is 1.32 bits per heavy atom. The summed E-state index contributed by atoms with van der Waals surface area (Å²) in [7, 11) is -3.58. The Labute approximate surface area is 119 Å². The van der Waals surface area contributed by atoms with Gasteiger partial charge in [0.15, 0.2) is 0 Å². The van der Waals surface area contributed by atoms with E-state index in [9.17, 15) is 8.42 Å². The van der Waals surface area contributed by atoms with E-state index in [2.05, 4.69) is 6.92 Å². The average molecular weight is 303 g/mol. The number of nitrogens with two attached hydrogens (primary N) is 1. The number of nitrogen functional groups attached to an aromatic ring is 1.